The van der Waals surface area contributed by atoms with Crippen LogP contribution in [0.2, 0.25) is 0 Å². The van der Waals surface area contributed by atoms with E-state index in [0.29, 0.717) is 12.0 Å². The van der Waals surface area contributed by atoms with Crippen LogP contribution >= 0.6 is 15.9 Å². The van der Waals surface area contributed by atoms with Gasteiger partial charge in [0.25, 0.3) is 0 Å². The number of hydrogen-bond donors (Lipinski definition) is 1. The van der Waals surface area contributed by atoms with Crippen molar-refractivity contribution in [2.75, 3.05) is 27.2 Å². The standard InChI is InChI=1S/C16H29BrN4/c1-4-9-18-15-8-6-5-7-13(15)16-14(17)12-19-21(16)11-10-20(2)3/h12-13,15,18H,4-11H2,1-3H3. The molecule has 0 amide bonds. The maximum atomic E-state index is 4.59. The number of rotatable bonds is 7. The summed E-state index contributed by atoms with van der Waals surface area (Å²) in [6.45, 7) is 5.35. The van der Waals surface area contributed by atoms with Gasteiger partial charge in [-0.3, -0.25) is 4.68 Å². The van der Waals surface area contributed by atoms with Crippen LogP contribution in [0.5, 0.6) is 0 Å². The van der Waals surface area contributed by atoms with Crippen molar-refractivity contribution >= 4 is 15.9 Å². The summed E-state index contributed by atoms with van der Waals surface area (Å²) in [6, 6.07) is 0.602. The zero-order valence-electron chi connectivity index (χ0n) is 13.6. The lowest BCUT2D eigenvalue weighted by Crippen LogP contribution is -2.39. The van der Waals surface area contributed by atoms with Crippen LogP contribution in [0.1, 0.15) is 50.6 Å². The molecule has 1 fully saturated rings. The molecule has 5 heteroatoms. The third kappa shape index (κ3) is 4.54. The summed E-state index contributed by atoms with van der Waals surface area (Å²) in [5, 5.41) is 8.35. The molecule has 0 aromatic carbocycles. The lowest BCUT2D eigenvalue weighted by Gasteiger charge is -2.33. The topological polar surface area (TPSA) is 33.1 Å². The van der Waals surface area contributed by atoms with E-state index in [1.807, 2.05) is 6.20 Å². The van der Waals surface area contributed by atoms with Gasteiger partial charge in [-0.1, -0.05) is 19.8 Å². The van der Waals surface area contributed by atoms with Crippen LogP contribution in [0.25, 0.3) is 0 Å². The first-order chi connectivity index (χ1) is 10.1. The van der Waals surface area contributed by atoms with Crippen molar-refractivity contribution in [3.05, 3.63) is 16.4 Å². The lowest BCUT2D eigenvalue weighted by atomic mass is 9.82. The molecule has 1 aliphatic rings. The fourth-order valence-electron chi connectivity index (χ4n) is 3.25. The van der Waals surface area contributed by atoms with Gasteiger partial charge in [-0.15, -0.1) is 0 Å². The SMILES string of the molecule is CCCNC1CCCCC1c1c(Br)cnn1CCN(C)C. The predicted molar refractivity (Wildman–Crippen MR) is 91.8 cm³/mol. The molecular weight excluding hydrogens is 328 g/mol. The van der Waals surface area contributed by atoms with E-state index in [4.69, 9.17) is 0 Å². The second kappa shape index (κ2) is 8.30. The smallest absolute Gasteiger partial charge is 0.0635 e. The van der Waals surface area contributed by atoms with Crippen molar-refractivity contribution in [3.8, 4) is 0 Å². The Bertz CT molecular complexity index is 430. The molecule has 21 heavy (non-hydrogen) atoms. The van der Waals surface area contributed by atoms with Crippen molar-refractivity contribution in [2.24, 2.45) is 0 Å². The van der Waals surface area contributed by atoms with Crippen LogP contribution in [0, 0.1) is 0 Å². The number of nitrogens with one attached hydrogen (secondary N) is 1. The number of halogens is 1. The summed E-state index contributed by atoms with van der Waals surface area (Å²) in [4.78, 5) is 2.22. The minimum absolute atomic E-state index is 0.587. The van der Waals surface area contributed by atoms with Crippen LogP contribution in [-0.4, -0.2) is 47.9 Å². The average Bonchev–Trinajstić information content (AvgIpc) is 2.84. The average molecular weight is 357 g/mol. The first-order valence-electron chi connectivity index (χ1n) is 8.22. The third-order valence-corrected chi connectivity index (χ3v) is 4.98. The molecule has 1 aromatic heterocycles. The van der Waals surface area contributed by atoms with E-state index < -0.39 is 0 Å². The monoisotopic (exact) mass is 356 g/mol. The zero-order chi connectivity index (χ0) is 15.2. The minimum Gasteiger partial charge on any atom is -0.313 e. The lowest BCUT2D eigenvalue weighted by molar-refractivity contribution is 0.305. The third-order valence-electron chi connectivity index (χ3n) is 4.37. The maximum Gasteiger partial charge on any atom is 0.0635 e. The van der Waals surface area contributed by atoms with Gasteiger partial charge in [0.15, 0.2) is 0 Å². The Labute approximate surface area is 137 Å². The van der Waals surface area contributed by atoms with Crippen molar-refractivity contribution in [1.29, 1.82) is 0 Å². The van der Waals surface area contributed by atoms with Crippen molar-refractivity contribution < 1.29 is 0 Å². The van der Waals surface area contributed by atoms with E-state index in [1.54, 1.807) is 0 Å². The van der Waals surface area contributed by atoms with Crippen LogP contribution < -0.4 is 5.32 Å². The Morgan fingerprint density at radius 1 is 1.38 bits per heavy atom. The highest BCUT2D eigenvalue weighted by Crippen LogP contribution is 2.36. The van der Waals surface area contributed by atoms with E-state index >= 15 is 0 Å². The molecule has 0 saturated heterocycles. The first kappa shape index (κ1) is 17.0. The molecule has 4 nitrogen and oxygen atoms in total. The summed E-state index contributed by atoms with van der Waals surface area (Å²) >= 11 is 3.73. The molecule has 0 radical (unpaired) electrons. The molecule has 1 saturated carbocycles. The molecule has 1 aromatic rings. The zero-order valence-corrected chi connectivity index (χ0v) is 15.2. The number of likely N-dealkylation sites (N-methyl/N-ethyl adjacent to an activating group) is 1. The Kier molecular flexibility index (Phi) is 6.71. The minimum atomic E-state index is 0.587. The summed E-state index contributed by atoms with van der Waals surface area (Å²) in [7, 11) is 4.23. The second-order valence-corrected chi connectivity index (χ2v) is 7.21. The quantitative estimate of drug-likeness (QED) is 0.813. The van der Waals surface area contributed by atoms with Gasteiger partial charge in [-0.25, -0.2) is 0 Å². The Balaban J connectivity index is 2.15. The largest absolute Gasteiger partial charge is 0.313 e. The van der Waals surface area contributed by atoms with Crippen LogP contribution in [0.3, 0.4) is 0 Å². The van der Waals surface area contributed by atoms with Gasteiger partial charge < -0.3 is 10.2 Å². The number of aromatic nitrogens is 2. The highest BCUT2D eigenvalue weighted by Gasteiger charge is 2.30. The van der Waals surface area contributed by atoms with E-state index in [9.17, 15) is 0 Å². The van der Waals surface area contributed by atoms with E-state index in [0.717, 1.165) is 19.6 Å². The van der Waals surface area contributed by atoms with Crippen molar-refractivity contribution in [2.45, 2.75) is 57.5 Å². The van der Waals surface area contributed by atoms with Crippen LogP contribution in [-0.2, 0) is 6.54 Å². The van der Waals surface area contributed by atoms with Crippen LogP contribution in [0.4, 0.5) is 0 Å². The summed E-state index contributed by atoms with van der Waals surface area (Å²) < 4.78 is 3.39. The molecular formula is C16H29BrN4. The van der Waals surface area contributed by atoms with Gasteiger partial charge in [0, 0.05) is 18.5 Å². The first-order valence-corrected chi connectivity index (χ1v) is 9.02. The predicted octanol–water partition coefficient (Wildman–Crippen LogP) is 3.23. The van der Waals surface area contributed by atoms with Gasteiger partial charge in [-0.2, -0.15) is 5.10 Å². The van der Waals surface area contributed by atoms with Gasteiger partial charge >= 0.3 is 0 Å². The Morgan fingerprint density at radius 2 is 2.14 bits per heavy atom. The molecule has 0 aliphatic heterocycles. The fourth-order valence-corrected chi connectivity index (χ4v) is 3.84. The van der Waals surface area contributed by atoms with Gasteiger partial charge in [0.2, 0.25) is 0 Å². The number of nitrogens with zero attached hydrogens (tertiary/aromatic N) is 3. The van der Waals surface area contributed by atoms with Gasteiger partial charge in [-0.05, 0) is 55.8 Å². The van der Waals surface area contributed by atoms with E-state index in [-0.39, 0.29) is 0 Å². The Hall–Kier alpha value is -0.390. The van der Waals surface area contributed by atoms with Gasteiger partial charge in [0.05, 0.1) is 22.9 Å². The van der Waals surface area contributed by atoms with E-state index in [1.165, 1.54) is 42.3 Å². The van der Waals surface area contributed by atoms with Gasteiger partial charge in [0.1, 0.15) is 0 Å². The highest BCUT2D eigenvalue weighted by atomic mass is 79.9. The summed E-state index contributed by atoms with van der Waals surface area (Å²) in [5.41, 5.74) is 1.39. The highest BCUT2D eigenvalue weighted by molar-refractivity contribution is 9.10. The second-order valence-electron chi connectivity index (χ2n) is 6.36. The fraction of sp³-hybridized carbons (Fsp3) is 0.812. The molecule has 1 heterocycles. The summed E-state index contributed by atoms with van der Waals surface area (Å²) in [6.07, 6.45) is 8.41. The molecule has 0 bridgehead atoms. The molecule has 2 atom stereocenters. The van der Waals surface area contributed by atoms with Crippen molar-refractivity contribution in [1.82, 2.24) is 20.0 Å². The molecule has 0 spiro atoms. The van der Waals surface area contributed by atoms with E-state index in [2.05, 4.69) is 56.9 Å². The normalized spacial score (nSPS) is 22.9. The summed E-state index contributed by atoms with van der Waals surface area (Å²) in [5.74, 6) is 0.587. The maximum absolute atomic E-state index is 4.59. The van der Waals surface area contributed by atoms with Crippen LogP contribution in [0.15, 0.2) is 10.7 Å². The molecule has 120 valence electrons. The Morgan fingerprint density at radius 3 is 2.86 bits per heavy atom. The number of hydrogen-bond acceptors (Lipinski definition) is 3. The molecule has 2 unspecified atom stereocenters. The molecule has 2 rings (SSSR count). The van der Waals surface area contributed by atoms with Crippen molar-refractivity contribution in [3.63, 3.8) is 0 Å². The molecule has 1 aliphatic carbocycles. The molecule has 1 N–H and O–H groups in total.